The number of rotatable bonds is 4. The van der Waals surface area contributed by atoms with Crippen LogP contribution in [-0.2, 0) is 7.05 Å². The van der Waals surface area contributed by atoms with E-state index in [0.29, 0.717) is 11.6 Å². The molecule has 0 unspecified atom stereocenters. The molecule has 3 aromatic rings. The lowest BCUT2D eigenvalue weighted by Gasteiger charge is -1.99. The van der Waals surface area contributed by atoms with Gasteiger partial charge in [0.2, 0.25) is 5.89 Å². The summed E-state index contributed by atoms with van der Waals surface area (Å²) in [7, 11) is 3.34. The maximum Gasteiger partial charge on any atom is 0.322 e. The first-order valence-corrected chi connectivity index (χ1v) is 6.86. The Morgan fingerprint density at radius 1 is 1.26 bits per heavy atom. The van der Waals surface area contributed by atoms with Crippen molar-refractivity contribution in [1.29, 1.82) is 0 Å². The molecule has 1 N–H and O–H groups in total. The van der Waals surface area contributed by atoms with Gasteiger partial charge >= 0.3 is 6.01 Å². The van der Waals surface area contributed by atoms with Gasteiger partial charge in [0.05, 0.1) is 7.11 Å². The van der Waals surface area contributed by atoms with E-state index in [0.717, 1.165) is 16.9 Å². The lowest BCUT2D eigenvalue weighted by Crippen LogP contribution is -2.14. The third-order valence-corrected chi connectivity index (χ3v) is 3.21. The van der Waals surface area contributed by atoms with Gasteiger partial charge in [-0.2, -0.15) is 5.10 Å². The maximum atomic E-state index is 12.1. The summed E-state index contributed by atoms with van der Waals surface area (Å²) < 4.78 is 12.1. The number of nitrogens with zero attached hydrogens (tertiary/aromatic N) is 4. The summed E-state index contributed by atoms with van der Waals surface area (Å²) in [6.45, 7) is 1.80. The van der Waals surface area contributed by atoms with Crippen molar-refractivity contribution in [1.82, 2.24) is 20.0 Å². The minimum atomic E-state index is -0.395. The summed E-state index contributed by atoms with van der Waals surface area (Å²) in [6.07, 6.45) is 1.76. The van der Waals surface area contributed by atoms with Crippen LogP contribution < -0.4 is 10.1 Å². The average molecular weight is 313 g/mol. The van der Waals surface area contributed by atoms with E-state index in [1.165, 1.54) is 0 Å². The number of nitrogens with one attached hydrogen (secondary N) is 1. The van der Waals surface area contributed by atoms with Gasteiger partial charge in [0.25, 0.3) is 5.91 Å². The molecule has 1 amide bonds. The predicted molar refractivity (Wildman–Crippen MR) is 82.2 cm³/mol. The highest BCUT2D eigenvalue weighted by atomic mass is 16.5. The molecule has 1 aromatic carbocycles. The third-order valence-electron chi connectivity index (χ3n) is 3.21. The van der Waals surface area contributed by atoms with E-state index in [-0.39, 0.29) is 6.01 Å². The first-order valence-electron chi connectivity index (χ1n) is 6.86. The normalized spacial score (nSPS) is 10.6. The Kier molecular flexibility index (Phi) is 3.80. The highest BCUT2D eigenvalue weighted by Crippen LogP contribution is 2.22. The molecule has 2 heterocycles. The molecular weight excluding hydrogens is 298 g/mol. The number of anilines is 1. The number of hydrogen-bond donors (Lipinski definition) is 1. The Morgan fingerprint density at radius 2 is 2.00 bits per heavy atom. The number of methoxy groups -OCH3 is 1. The number of aryl methyl sites for hydroxylation is 2. The fraction of sp³-hybridized carbons (Fsp3) is 0.200. The minimum absolute atomic E-state index is 0.0193. The fourth-order valence-corrected chi connectivity index (χ4v) is 2.11. The second-order valence-electron chi connectivity index (χ2n) is 4.93. The lowest BCUT2D eigenvalue weighted by molar-refractivity contribution is 0.101. The van der Waals surface area contributed by atoms with Crippen LogP contribution in [0.15, 0.2) is 34.9 Å². The molecule has 0 atom stereocenters. The van der Waals surface area contributed by atoms with E-state index in [1.807, 2.05) is 0 Å². The Hall–Kier alpha value is -3.16. The molecule has 0 radical (unpaired) electrons. The van der Waals surface area contributed by atoms with Crippen molar-refractivity contribution >= 4 is 11.9 Å². The molecule has 0 spiro atoms. The molecule has 8 heteroatoms. The van der Waals surface area contributed by atoms with Gasteiger partial charge in [0.1, 0.15) is 5.75 Å². The highest BCUT2D eigenvalue weighted by molar-refractivity contribution is 6.02. The molecule has 0 aliphatic carbocycles. The zero-order valence-corrected chi connectivity index (χ0v) is 12.9. The standard InChI is InChI=1S/C15H15N5O3/c1-9-8-20(2)19-12(9)13(21)16-15-18-17-14(23-15)10-4-6-11(22-3)7-5-10/h4-8H,1-3H3,(H,16,18,21). The number of amides is 1. The van der Waals surface area contributed by atoms with Crippen molar-refractivity contribution in [2.45, 2.75) is 6.92 Å². The van der Waals surface area contributed by atoms with E-state index in [4.69, 9.17) is 9.15 Å². The second kappa shape index (κ2) is 5.91. The minimum Gasteiger partial charge on any atom is -0.497 e. The van der Waals surface area contributed by atoms with Gasteiger partial charge in [-0.3, -0.25) is 14.8 Å². The summed E-state index contributed by atoms with van der Waals surface area (Å²) in [4.78, 5) is 12.1. The van der Waals surface area contributed by atoms with Gasteiger partial charge in [-0.25, -0.2) is 0 Å². The molecule has 2 aromatic heterocycles. The highest BCUT2D eigenvalue weighted by Gasteiger charge is 2.17. The first-order chi connectivity index (χ1) is 11.1. The smallest absolute Gasteiger partial charge is 0.322 e. The van der Waals surface area contributed by atoms with Crippen LogP contribution >= 0.6 is 0 Å². The number of carbonyl (C=O) groups is 1. The molecule has 118 valence electrons. The molecular formula is C15H15N5O3. The Morgan fingerprint density at radius 3 is 2.61 bits per heavy atom. The molecule has 0 fully saturated rings. The fourth-order valence-electron chi connectivity index (χ4n) is 2.11. The number of carbonyl (C=O) groups excluding carboxylic acids is 1. The van der Waals surface area contributed by atoms with Crippen molar-refractivity contribution in [3.8, 4) is 17.2 Å². The van der Waals surface area contributed by atoms with Gasteiger partial charge < -0.3 is 9.15 Å². The summed E-state index contributed by atoms with van der Waals surface area (Å²) in [5.41, 5.74) is 1.81. The third kappa shape index (κ3) is 3.05. The predicted octanol–water partition coefficient (Wildman–Crippen LogP) is 2.04. The van der Waals surface area contributed by atoms with Gasteiger partial charge in [-0.15, -0.1) is 5.10 Å². The monoisotopic (exact) mass is 313 g/mol. The quantitative estimate of drug-likeness (QED) is 0.792. The van der Waals surface area contributed by atoms with Gasteiger partial charge in [0, 0.05) is 24.4 Å². The van der Waals surface area contributed by atoms with Crippen LogP contribution in [0.1, 0.15) is 16.1 Å². The topological polar surface area (TPSA) is 95.1 Å². The van der Waals surface area contributed by atoms with E-state index in [1.54, 1.807) is 56.2 Å². The molecule has 8 nitrogen and oxygen atoms in total. The number of hydrogen-bond acceptors (Lipinski definition) is 6. The molecule has 0 aliphatic heterocycles. The van der Waals surface area contributed by atoms with Crippen molar-refractivity contribution in [3.05, 3.63) is 41.7 Å². The molecule has 0 bridgehead atoms. The van der Waals surface area contributed by atoms with Crippen molar-refractivity contribution in [2.75, 3.05) is 12.4 Å². The van der Waals surface area contributed by atoms with Crippen LogP contribution in [0.4, 0.5) is 6.01 Å². The van der Waals surface area contributed by atoms with Crippen LogP contribution in [0.3, 0.4) is 0 Å². The molecule has 0 saturated carbocycles. The second-order valence-corrected chi connectivity index (χ2v) is 4.93. The number of aromatic nitrogens is 4. The van der Waals surface area contributed by atoms with E-state index < -0.39 is 5.91 Å². The van der Waals surface area contributed by atoms with Gasteiger partial charge in [-0.1, -0.05) is 5.10 Å². The summed E-state index contributed by atoms with van der Waals surface area (Å²) in [6, 6.07) is 7.18. The van der Waals surface area contributed by atoms with Crippen LogP contribution in [0.5, 0.6) is 5.75 Å². The molecule has 3 rings (SSSR count). The molecule has 23 heavy (non-hydrogen) atoms. The van der Waals surface area contributed by atoms with Crippen molar-refractivity contribution < 1.29 is 13.9 Å². The van der Waals surface area contributed by atoms with E-state index in [2.05, 4.69) is 20.6 Å². The summed E-state index contributed by atoms with van der Waals surface area (Å²) in [5, 5.41) is 14.4. The summed E-state index contributed by atoms with van der Waals surface area (Å²) in [5.74, 6) is 0.640. The van der Waals surface area contributed by atoms with Crippen LogP contribution in [-0.4, -0.2) is 33.0 Å². The maximum absolute atomic E-state index is 12.1. The first kappa shape index (κ1) is 14.8. The SMILES string of the molecule is COc1ccc(-c2nnc(NC(=O)c3nn(C)cc3C)o2)cc1. The zero-order valence-electron chi connectivity index (χ0n) is 12.9. The van der Waals surface area contributed by atoms with Crippen molar-refractivity contribution in [2.24, 2.45) is 7.05 Å². The van der Waals surface area contributed by atoms with Gasteiger partial charge in [0.15, 0.2) is 5.69 Å². The van der Waals surface area contributed by atoms with Crippen molar-refractivity contribution in [3.63, 3.8) is 0 Å². The molecule has 0 saturated heterocycles. The zero-order chi connectivity index (χ0) is 16.4. The Balaban J connectivity index is 1.76. The van der Waals surface area contributed by atoms with Crippen LogP contribution in [0.2, 0.25) is 0 Å². The molecule has 0 aliphatic rings. The van der Waals surface area contributed by atoms with E-state index in [9.17, 15) is 4.79 Å². The Bertz CT molecular complexity index is 835. The largest absolute Gasteiger partial charge is 0.497 e. The van der Waals surface area contributed by atoms with E-state index >= 15 is 0 Å². The van der Waals surface area contributed by atoms with Crippen LogP contribution in [0.25, 0.3) is 11.5 Å². The van der Waals surface area contributed by atoms with Crippen LogP contribution in [0, 0.1) is 6.92 Å². The lowest BCUT2D eigenvalue weighted by atomic mass is 10.2. The number of benzene rings is 1. The average Bonchev–Trinajstić information content (AvgIpc) is 3.13. The van der Waals surface area contributed by atoms with Gasteiger partial charge in [-0.05, 0) is 31.2 Å². The Labute approximate surface area is 132 Å². The summed E-state index contributed by atoms with van der Waals surface area (Å²) >= 11 is 0. The number of ether oxygens (including phenoxy) is 1.